The molecule has 2 aromatic carbocycles. The van der Waals surface area contributed by atoms with Gasteiger partial charge in [-0.1, -0.05) is 60.7 Å². The first-order valence-electron chi connectivity index (χ1n) is 11.0. The van der Waals surface area contributed by atoms with Crippen molar-refractivity contribution in [2.75, 3.05) is 5.32 Å². The third kappa shape index (κ3) is 4.00. The molecule has 0 spiro atoms. The van der Waals surface area contributed by atoms with Crippen LogP contribution in [-0.4, -0.2) is 9.55 Å². The molecule has 0 atom stereocenters. The van der Waals surface area contributed by atoms with E-state index in [1.807, 2.05) is 66.1 Å². The lowest BCUT2D eigenvalue weighted by Gasteiger charge is -2.20. The summed E-state index contributed by atoms with van der Waals surface area (Å²) >= 11 is 0. The van der Waals surface area contributed by atoms with Gasteiger partial charge < -0.3 is 5.32 Å². The van der Waals surface area contributed by atoms with E-state index in [4.69, 9.17) is 4.98 Å². The third-order valence-electron chi connectivity index (χ3n) is 5.80. The zero-order chi connectivity index (χ0) is 21.9. The van der Waals surface area contributed by atoms with Crippen molar-refractivity contribution in [3.8, 4) is 5.69 Å². The SMILES string of the molecule is Cc1nc2c(cc1Cc1ccccc1)c(=O)cc(NC1=CCCC=C1)n2-c1ccccc1. The molecule has 1 N–H and O–H groups in total. The van der Waals surface area contributed by atoms with E-state index in [1.165, 1.54) is 5.56 Å². The Morgan fingerprint density at radius 3 is 2.44 bits per heavy atom. The number of anilines is 1. The molecule has 158 valence electrons. The van der Waals surface area contributed by atoms with Gasteiger partial charge in [0.1, 0.15) is 11.5 Å². The second kappa shape index (κ2) is 8.67. The van der Waals surface area contributed by atoms with Crippen LogP contribution < -0.4 is 10.7 Å². The number of fused-ring (bicyclic) bond motifs is 1. The Balaban J connectivity index is 1.69. The maximum atomic E-state index is 13.2. The van der Waals surface area contributed by atoms with Gasteiger partial charge >= 0.3 is 0 Å². The molecular weight excluding hydrogens is 394 g/mol. The highest BCUT2D eigenvalue weighted by atomic mass is 16.1. The third-order valence-corrected chi connectivity index (χ3v) is 5.80. The number of para-hydroxylation sites is 1. The Hall–Kier alpha value is -3.92. The van der Waals surface area contributed by atoms with Gasteiger partial charge in [-0.15, -0.1) is 0 Å². The summed E-state index contributed by atoms with van der Waals surface area (Å²) in [5, 5.41) is 4.08. The number of nitrogens with one attached hydrogen (secondary N) is 1. The summed E-state index contributed by atoms with van der Waals surface area (Å²) in [7, 11) is 0. The summed E-state index contributed by atoms with van der Waals surface area (Å²) in [6, 6.07) is 24.0. The van der Waals surface area contributed by atoms with Crippen molar-refractivity contribution in [3.05, 3.63) is 124 Å². The summed E-state index contributed by atoms with van der Waals surface area (Å²) in [4.78, 5) is 18.2. The fourth-order valence-corrected chi connectivity index (χ4v) is 4.15. The van der Waals surface area contributed by atoms with Gasteiger partial charge in [-0.3, -0.25) is 9.36 Å². The molecule has 0 bridgehead atoms. The molecule has 0 saturated carbocycles. The van der Waals surface area contributed by atoms with Crippen molar-refractivity contribution < 1.29 is 0 Å². The van der Waals surface area contributed by atoms with Crippen molar-refractivity contribution in [1.82, 2.24) is 9.55 Å². The number of rotatable bonds is 5. The van der Waals surface area contributed by atoms with Crippen LogP contribution >= 0.6 is 0 Å². The van der Waals surface area contributed by atoms with Gasteiger partial charge in [0.25, 0.3) is 0 Å². The lowest BCUT2D eigenvalue weighted by atomic mass is 10.0. The number of hydrogen-bond donors (Lipinski definition) is 1. The van der Waals surface area contributed by atoms with Gasteiger partial charge in [0.15, 0.2) is 5.43 Å². The van der Waals surface area contributed by atoms with E-state index < -0.39 is 0 Å². The van der Waals surface area contributed by atoms with Gasteiger partial charge in [-0.05, 0) is 61.6 Å². The molecule has 0 amide bonds. The van der Waals surface area contributed by atoms with Gasteiger partial charge in [-0.25, -0.2) is 4.98 Å². The summed E-state index contributed by atoms with van der Waals surface area (Å²) in [6.45, 7) is 2.02. The number of allylic oxidation sites excluding steroid dienone is 3. The van der Waals surface area contributed by atoms with E-state index in [-0.39, 0.29) is 5.43 Å². The zero-order valence-electron chi connectivity index (χ0n) is 18.1. The van der Waals surface area contributed by atoms with Crippen molar-refractivity contribution in [1.29, 1.82) is 0 Å². The second-order valence-electron chi connectivity index (χ2n) is 8.10. The van der Waals surface area contributed by atoms with Crippen LogP contribution in [0.3, 0.4) is 0 Å². The molecule has 4 nitrogen and oxygen atoms in total. The van der Waals surface area contributed by atoms with E-state index in [2.05, 4.69) is 35.7 Å². The molecule has 4 heteroatoms. The largest absolute Gasteiger partial charge is 0.341 e. The smallest absolute Gasteiger partial charge is 0.193 e. The van der Waals surface area contributed by atoms with Crippen molar-refractivity contribution in [2.45, 2.75) is 26.2 Å². The average molecular weight is 420 g/mol. The molecule has 0 fully saturated rings. The summed E-state index contributed by atoms with van der Waals surface area (Å²) in [5.74, 6) is 0.717. The Labute approximate surface area is 187 Å². The topological polar surface area (TPSA) is 46.9 Å². The number of benzene rings is 2. The van der Waals surface area contributed by atoms with Crippen LogP contribution in [0.5, 0.6) is 0 Å². The summed E-state index contributed by atoms with van der Waals surface area (Å²) in [5.41, 5.74) is 5.80. The summed E-state index contributed by atoms with van der Waals surface area (Å²) in [6.07, 6.45) is 9.15. The first kappa shape index (κ1) is 20.0. The molecule has 0 saturated heterocycles. The minimum Gasteiger partial charge on any atom is -0.341 e. The first-order chi connectivity index (χ1) is 15.7. The van der Waals surface area contributed by atoms with Crippen molar-refractivity contribution >= 4 is 16.9 Å². The molecule has 0 aliphatic heterocycles. The molecule has 1 aliphatic rings. The lowest BCUT2D eigenvalue weighted by Crippen LogP contribution is -2.16. The van der Waals surface area contributed by atoms with Gasteiger partial charge in [0.05, 0.1) is 5.39 Å². The highest BCUT2D eigenvalue weighted by Crippen LogP contribution is 2.25. The normalized spacial score (nSPS) is 13.2. The van der Waals surface area contributed by atoms with Crippen LogP contribution in [0.2, 0.25) is 0 Å². The molecule has 5 rings (SSSR count). The van der Waals surface area contributed by atoms with Gasteiger partial charge in [0, 0.05) is 23.1 Å². The van der Waals surface area contributed by atoms with Crippen LogP contribution in [0, 0.1) is 6.92 Å². The van der Waals surface area contributed by atoms with Crippen LogP contribution in [0.1, 0.15) is 29.7 Å². The summed E-state index contributed by atoms with van der Waals surface area (Å²) < 4.78 is 2.04. The predicted molar refractivity (Wildman–Crippen MR) is 131 cm³/mol. The molecule has 0 radical (unpaired) electrons. The Kier molecular flexibility index (Phi) is 5.42. The van der Waals surface area contributed by atoms with E-state index in [0.29, 0.717) is 16.9 Å². The highest BCUT2D eigenvalue weighted by Gasteiger charge is 2.15. The van der Waals surface area contributed by atoms with Crippen molar-refractivity contribution in [2.24, 2.45) is 0 Å². The molecule has 1 aliphatic carbocycles. The van der Waals surface area contributed by atoms with Crippen LogP contribution in [0.15, 0.2) is 102 Å². The van der Waals surface area contributed by atoms with Gasteiger partial charge in [0.2, 0.25) is 0 Å². The lowest BCUT2D eigenvalue weighted by molar-refractivity contribution is 1.00. The van der Waals surface area contributed by atoms with Gasteiger partial charge in [-0.2, -0.15) is 0 Å². The molecule has 2 aromatic heterocycles. The van der Waals surface area contributed by atoms with E-state index in [9.17, 15) is 4.79 Å². The van der Waals surface area contributed by atoms with E-state index >= 15 is 0 Å². The molecule has 2 heterocycles. The average Bonchev–Trinajstić information content (AvgIpc) is 2.82. The first-order valence-corrected chi connectivity index (χ1v) is 11.0. The fraction of sp³-hybridized carbons (Fsp3) is 0.143. The van der Waals surface area contributed by atoms with Crippen LogP contribution in [-0.2, 0) is 6.42 Å². The fourth-order valence-electron chi connectivity index (χ4n) is 4.15. The Morgan fingerprint density at radius 1 is 0.969 bits per heavy atom. The number of hydrogen-bond acceptors (Lipinski definition) is 3. The number of pyridine rings is 2. The van der Waals surface area contributed by atoms with Crippen LogP contribution in [0.4, 0.5) is 5.82 Å². The number of aromatic nitrogens is 2. The maximum absolute atomic E-state index is 13.2. The predicted octanol–water partition coefficient (Wildman–Crippen LogP) is 5.93. The van der Waals surface area contributed by atoms with E-state index in [1.54, 1.807) is 6.07 Å². The zero-order valence-corrected chi connectivity index (χ0v) is 18.1. The molecule has 32 heavy (non-hydrogen) atoms. The minimum atomic E-state index is -0.0307. The highest BCUT2D eigenvalue weighted by molar-refractivity contribution is 5.81. The van der Waals surface area contributed by atoms with Crippen molar-refractivity contribution in [3.63, 3.8) is 0 Å². The monoisotopic (exact) mass is 419 g/mol. The van der Waals surface area contributed by atoms with Crippen LogP contribution in [0.25, 0.3) is 16.7 Å². The number of aryl methyl sites for hydroxylation is 1. The molecule has 0 unspecified atom stereocenters. The Morgan fingerprint density at radius 2 is 1.72 bits per heavy atom. The Bertz CT molecular complexity index is 1380. The maximum Gasteiger partial charge on any atom is 0.193 e. The molecular formula is C28H25N3O. The van der Waals surface area contributed by atoms with E-state index in [0.717, 1.165) is 41.9 Å². The quantitative estimate of drug-likeness (QED) is 0.436. The molecule has 4 aromatic rings. The standard InChI is InChI=1S/C28H25N3O/c1-20-22(17-21-11-5-2-6-12-21)18-25-26(32)19-27(30-23-13-7-3-8-14-23)31(28(25)29-20)24-15-9-4-10-16-24/h2,4-7,9-16,18-19,30H,3,8,17H2,1H3. The number of nitrogens with zero attached hydrogens (tertiary/aromatic N) is 2. The minimum absolute atomic E-state index is 0.0307. The second-order valence-corrected chi connectivity index (χ2v) is 8.10.